The maximum absolute atomic E-state index is 13.2. The van der Waals surface area contributed by atoms with E-state index in [0.717, 1.165) is 18.7 Å². The number of rotatable bonds is 2. The molecule has 1 heterocycles. The van der Waals surface area contributed by atoms with Crippen molar-refractivity contribution in [3.8, 4) is 11.8 Å². The van der Waals surface area contributed by atoms with E-state index in [-0.39, 0.29) is 12.4 Å². The molecule has 1 fully saturated rings. The van der Waals surface area contributed by atoms with Gasteiger partial charge in [0.15, 0.2) is 0 Å². The third-order valence-electron chi connectivity index (χ3n) is 3.44. The zero-order valence-electron chi connectivity index (χ0n) is 10.6. The molecule has 1 aromatic carbocycles. The van der Waals surface area contributed by atoms with Crippen LogP contribution in [-0.4, -0.2) is 29.2 Å². The fraction of sp³-hybridized carbons (Fsp3) is 0.467. The molecule has 3 heteroatoms. The van der Waals surface area contributed by atoms with Crippen molar-refractivity contribution in [3.63, 3.8) is 0 Å². The predicted molar refractivity (Wildman–Crippen MR) is 69.5 cm³/mol. The molecule has 2 rings (SSSR count). The fourth-order valence-corrected chi connectivity index (χ4v) is 2.38. The van der Waals surface area contributed by atoms with Crippen LogP contribution >= 0.6 is 0 Å². The lowest BCUT2D eigenvalue weighted by atomic mass is 10.1. The minimum atomic E-state index is -0.282. The van der Waals surface area contributed by atoms with Gasteiger partial charge < -0.3 is 5.11 Å². The monoisotopic (exact) mass is 247 g/mol. The molecule has 0 spiro atoms. The zero-order valence-corrected chi connectivity index (χ0v) is 10.6. The van der Waals surface area contributed by atoms with Gasteiger partial charge in [-0.25, -0.2) is 4.39 Å². The Morgan fingerprint density at radius 3 is 3.00 bits per heavy atom. The first-order valence-corrected chi connectivity index (χ1v) is 6.33. The Morgan fingerprint density at radius 2 is 2.33 bits per heavy atom. The zero-order chi connectivity index (χ0) is 13.0. The standard InChI is InChI=1S/C15H18FNO/c1-12-4-2-8-17(12)11-14-6-7-15(16)10-13(14)5-3-9-18/h6-7,10,12,18H,2,4,8-9,11H2,1H3. The van der Waals surface area contributed by atoms with Crippen LogP contribution < -0.4 is 0 Å². The summed E-state index contributed by atoms with van der Waals surface area (Å²) in [4.78, 5) is 2.39. The van der Waals surface area contributed by atoms with Crippen LogP contribution in [0.3, 0.4) is 0 Å². The van der Waals surface area contributed by atoms with E-state index in [2.05, 4.69) is 23.7 Å². The van der Waals surface area contributed by atoms with Crippen LogP contribution in [0.25, 0.3) is 0 Å². The molecular formula is C15H18FNO. The summed E-state index contributed by atoms with van der Waals surface area (Å²) in [7, 11) is 0. The summed E-state index contributed by atoms with van der Waals surface area (Å²) in [6.45, 7) is 3.91. The lowest BCUT2D eigenvalue weighted by molar-refractivity contribution is 0.260. The summed E-state index contributed by atoms with van der Waals surface area (Å²) in [6, 6.07) is 5.29. The van der Waals surface area contributed by atoms with E-state index in [4.69, 9.17) is 5.11 Å². The predicted octanol–water partition coefficient (Wildman–Crippen LogP) is 2.15. The van der Waals surface area contributed by atoms with Gasteiger partial charge in [0.25, 0.3) is 0 Å². The number of nitrogens with zero attached hydrogens (tertiary/aromatic N) is 1. The molecule has 96 valence electrons. The van der Waals surface area contributed by atoms with E-state index in [1.807, 2.05) is 0 Å². The van der Waals surface area contributed by atoms with E-state index in [0.29, 0.717) is 11.6 Å². The smallest absolute Gasteiger partial charge is 0.124 e. The molecule has 18 heavy (non-hydrogen) atoms. The summed E-state index contributed by atoms with van der Waals surface area (Å²) in [6.07, 6.45) is 2.44. The van der Waals surface area contributed by atoms with Crippen LogP contribution in [0.15, 0.2) is 18.2 Å². The minimum Gasteiger partial charge on any atom is -0.384 e. The first-order valence-electron chi connectivity index (χ1n) is 6.33. The SMILES string of the molecule is CC1CCCN1Cc1ccc(F)cc1C#CCO. The topological polar surface area (TPSA) is 23.5 Å². The molecule has 0 bridgehead atoms. The van der Waals surface area contributed by atoms with E-state index >= 15 is 0 Å². The average molecular weight is 247 g/mol. The van der Waals surface area contributed by atoms with Crippen LogP contribution in [-0.2, 0) is 6.54 Å². The third kappa shape index (κ3) is 3.10. The molecule has 1 saturated heterocycles. The maximum Gasteiger partial charge on any atom is 0.124 e. The minimum absolute atomic E-state index is 0.198. The summed E-state index contributed by atoms with van der Waals surface area (Å²) >= 11 is 0. The lowest BCUT2D eigenvalue weighted by Gasteiger charge is -2.21. The second-order valence-electron chi connectivity index (χ2n) is 4.72. The quantitative estimate of drug-likeness (QED) is 0.809. The van der Waals surface area contributed by atoms with Crippen molar-refractivity contribution in [2.24, 2.45) is 0 Å². The fourth-order valence-electron chi connectivity index (χ4n) is 2.38. The van der Waals surface area contributed by atoms with Crippen molar-refractivity contribution in [2.75, 3.05) is 13.2 Å². The summed E-state index contributed by atoms with van der Waals surface area (Å²) in [5.41, 5.74) is 1.72. The molecule has 0 radical (unpaired) electrons. The van der Waals surface area contributed by atoms with Gasteiger partial charge in [-0.1, -0.05) is 17.9 Å². The van der Waals surface area contributed by atoms with Gasteiger partial charge in [0, 0.05) is 18.2 Å². The number of likely N-dealkylation sites (tertiary alicyclic amines) is 1. The lowest BCUT2D eigenvalue weighted by Crippen LogP contribution is -2.26. The highest BCUT2D eigenvalue weighted by Gasteiger charge is 2.20. The molecule has 2 nitrogen and oxygen atoms in total. The van der Waals surface area contributed by atoms with Crippen molar-refractivity contribution in [2.45, 2.75) is 32.4 Å². The van der Waals surface area contributed by atoms with Gasteiger partial charge in [-0.2, -0.15) is 0 Å². The number of hydrogen-bond donors (Lipinski definition) is 1. The highest BCUT2D eigenvalue weighted by molar-refractivity contribution is 5.41. The van der Waals surface area contributed by atoms with Crippen LogP contribution in [0.1, 0.15) is 30.9 Å². The number of halogens is 1. The van der Waals surface area contributed by atoms with Gasteiger partial charge in [0.05, 0.1) is 0 Å². The van der Waals surface area contributed by atoms with Crippen molar-refractivity contribution in [1.82, 2.24) is 4.90 Å². The van der Waals surface area contributed by atoms with Crippen LogP contribution in [0.2, 0.25) is 0 Å². The first kappa shape index (κ1) is 13.1. The van der Waals surface area contributed by atoms with E-state index < -0.39 is 0 Å². The maximum atomic E-state index is 13.2. The van der Waals surface area contributed by atoms with Gasteiger partial charge >= 0.3 is 0 Å². The molecule has 1 N–H and O–H groups in total. The molecule has 1 aliphatic rings. The van der Waals surface area contributed by atoms with E-state index in [1.54, 1.807) is 6.07 Å². The van der Waals surface area contributed by atoms with Gasteiger partial charge in [-0.3, -0.25) is 4.90 Å². The van der Waals surface area contributed by atoms with Crippen molar-refractivity contribution >= 4 is 0 Å². The molecule has 0 amide bonds. The highest BCUT2D eigenvalue weighted by Crippen LogP contribution is 2.21. The summed E-state index contributed by atoms with van der Waals surface area (Å²) in [5.74, 6) is 5.13. The van der Waals surface area contributed by atoms with Gasteiger partial charge in [-0.05, 0) is 44.0 Å². The Bertz CT molecular complexity index is 475. The van der Waals surface area contributed by atoms with Crippen LogP contribution in [0, 0.1) is 17.7 Å². The molecular weight excluding hydrogens is 229 g/mol. The van der Waals surface area contributed by atoms with E-state index in [9.17, 15) is 4.39 Å². The number of aliphatic hydroxyl groups is 1. The van der Waals surface area contributed by atoms with Gasteiger partial charge in [0.1, 0.15) is 12.4 Å². The summed E-state index contributed by atoms with van der Waals surface area (Å²) in [5, 5.41) is 8.74. The average Bonchev–Trinajstić information content (AvgIpc) is 2.75. The first-order chi connectivity index (χ1) is 8.70. The Labute approximate surface area is 107 Å². The molecule has 1 aliphatic heterocycles. The second-order valence-corrected chi connectivity index (χ2v) is 4.72. The Balaban J connectivity index is 2.20. The third-order valence-corrected chi connectivity index (χ3v) is 3.44. The largest absolute Gasteiger partial charge is 0.384 e. The Hall–Kier alpha value is -1.37. The molecule has 0 aromatic heterocycles. The molecule has 1 aromatic rings. The Kier molecular flexibility index (Phi) is 4.35. The van der Waals surface area contributed by atoms with Crippen molar-refractivity contribution in [1.29, 1.82) is 0 Å². The number of benzene rings is 1. The molecule has 0 saturated carbocycles. The number of hydrogen-bond acceptors (Lipinski definition) is 2. The molecule has 1 unspecified atom stereocenters. The van der Waals surface area contributed by atoms with Gasteiger partial charge in [0.2, 0.25) is 0 Å². The van der Waals surface area contributed by atoms with E-state index in [1.165, 1.54) is 25.0 Å². The number of aliphatic hydroxyl groups excluding tert-OH is 1. The highest BCUT2D eigenvalue weighted by atomic mass is 19.1. The molecule has 0 aliphatic carbocycles. The normalized spacial score (nSPS) is 19.6. The second kappa shape index (κ2) is 5.99. The molecule has 1 atom stereocenters. The summed E-state index contributed by atoms with van der Waals surface area (Å²) < 4.78 is 13.2. The van der Waals surface area contributed by atoms with Crippen LogP contribution in [0.5, 0.6) is 0 Å². The van der Waals surface area contributed by atoms with Crippen molar-refractivity contribution in [3.05, 3.63) is 35.1 Å². The van der Waals surface area contributed by atoms with Crippen LogP contribution in [0.4, 0.5) is 4.39 Å². The van der Waals surface area contributed by atoms with Gasteiger partial charge in [-0.15, -0.1) is 0 Å². The van der Waals surface area contributed by atoms with Crippen molar-refractivity contribution < 1.29 is 9.50 Å². The Morgan fingerprint density at radius 1 is 1.50 bits per heavy atom.